The maximum Gasteiger partial charge on any atom is 0.0332 e. The molecule has 1 aliphatic heterocycles. The lowest BCUT2D eigenvalue weighted by atomic mass is 9.66. The summed E-state index contributed by atoms with van der Waals surface area (Å²) in [6.45, 7) is 3.65. The van der Waals surface area contributed by atoms with Gasteiger partial charge in [-0.15, -0.1) is 0 Å². The molecule has 0 aromatic rings. The van der Waals surface area contributed by atoms with Gasteiger partial charge in [-0.25, -0.2) is 0 Å². The molecule has 2 N–H and O–H groups in total. The smallest absolute Gasteiger partial charge is 0.0332 e. The first kappa shape index (κ1) is 13.6. The number of nitrogens with zero attached hydrogens (tertiary/aromatic N) is 1. The minimum atomic E-state index is 0.387. The number of likely N-dealkylation sites (tertiary alicyclic amines) is 1. The van der Waals surface area contributed by atoms with Crippen LogP contribution in [0.1, 0.15) is 70.6 Å². The molecule has 3 saturated carbocycles. The van der Waals surface area contributed by atoms with Crippen LogP contribution in [0.2, 0.25) is 0 Å². The molecule has 2 heteroatoms. The van der Waals surface area contributed by atoms with Crippen LogP contribution in [0.15, 0.2) is 0 Å². The van der Waals surface area contributed by atoms with E-state index in [2.05, 4.69) is 4.90 Å². The molecule has 4 aliphatic rings. The van der Waals surface area contributed by atoms with Gasteiger partial charge in [-0.1, -0.05) is 19.3 Å². The lowest BCUT2D eigenvalue weighted by Gasteiger charge is -2.50. The fourth-order valence-electron chi connectivity index (χ4n) is 6.14. The van der Waals surface area contributed by atoms with Crippen LogP contribution in [-0.2, 0) is 0 Å². The normalized spacial score (nSPS) is 39.5. The first-order chi connectivity index (χ1) is 9.75. The Labute approximate surface area is 124 Å². The molecule has 0 amide bonds. The summed E-state index contributed by atoms with van der Waals surface area (Å²) in [4.78, 5) is 2.85. The lowest BCUT2D eigenvalue weighted by Crippen LogP contribution is -2.56. The Bertz CT molecular complexity index is 336. The average molecular weight is 276 g/mol. The van der Waals surface area contributed by atoms with E-state index in [1.807, 2.05) is 0 Å². The van der Waals surface area contributed by atoms with Crippen LogP contribution in [0.5, 0.6) is 0 Å². The summed E-state index contributed by atoms with van der Waals surface area (Å²) in [6.07, 6.45) is 16.2. The van der Waals surface area contributed by atoms with Gasteiger partial charge in [-0.3, -0.25) is 4.90 Å². The second-order valence-corrected chi connectivity index (χ2v) is 8.49. The minimum absolute atomic E-state index is 0.387. The van der Waals surface area contributed by atoms with Gasteiger partial charge in [0.25, 0.3) is 0 Å². The van der Waals surface area contributed by atoms with E-state index in [1.54, 1.807) is 0 Å². The molecule has 2 nitrogen and oxygen atoms in total. The number of nitrogens with two attached hydrogens (primary N) is 1. The van der Waals surface area contributed by atoms with Crippen LogP contribution in [0, 0.1) is 17.3 Å². The third kappa shape index (κ3) is 2.06. The zero-order valence-electron chi connectivity index (χ0n) is 13.1. The minimum Gasteiger partial charge on any atom is -0.329 e. The largest absolute Gasteiger partial charge is 0.329 e. The maximum absolute atomic E-state index is 6.31. The highest BCUT2D eigenvalue weighted by Gasteiger charge is 2.49. The molecular weight excluding hydrogens is 244 g/mol. The van der Waals surface area contributed by atoms with E-state index in [9.17, 15) is 0 Å². The van der Waals surface area contributed by atoms with Gasteiger partial charge >= 0.3 is 0 Å². The van der Waals surface area contributed by atoms with Gasteiger partial charge in [-0.2, -0.15) is 0 Å². The second kappa shape index (κ2) is 4.98. The highest BCUT2D eigenvalue weighted by Crippen LogP contribution is 2.53. The molecule has 0 radical (unpaired) electrons. The SMILES string of the molecule is NCC1(N2CC3CCCC3C2)CCC2(CCCC2)CC1. The van der Waals surface area contributed by atoms with Crippen molar-refractivity contribution >= 4 is 0 Å². The van der Waals surface area contributed by atoms with Crippen molar-refractivity contribution < 1.29 is 0 Å². The predicted molar refractivity (Wildman–Crippen MR) is 83.6 cm³/mol. The van der Waals surface area contributed by atoms with Crippen LogP contribution in [0.3, 0.4) is 0 Å². The van der Waals surface area contributed by atoms with E-state index in [4.69, 9.17) is 5.73 Å². The van der Waals surface area contributed by atoms with E-state index in [0.717, 1.165) is 23.8 Å². The summed E-state index contributed by atoms with van der Waals surface area (Å²) in [5.74, 6) is 2.03. The zero-order chi connectivity index (χ0) is 13.6. The van der Waals surface area contributed by atoms with Crippen LogP contribution in [0.4, 0.5) is 0 Å². The first-order valence-corrected chi connectivity index (χ1v) is 9.21. The van der Waals surface area contributed by atoms with Crippen molar-refractivity contribution in [3.8, 4) is 0 Å². The van der Waals surface area contributed by atoms with Crippen molar-refractivity contribution in [2.24, 2.45) is 23.0 Å². The quantitative estimate of drug-likeness (QED) is 0.835. The molecule has 20 heavy (non-hydrogen) atoms. The van der Waals surface area contributed by atoms with Crippen molar-refractivity contribution in [2.75, 3.05) is 19.6 Å². The molecule has 0 aromatic heterocycles. The second-order valence-electron chi connectivity index (χ2n) is 8.49. The summed E-state index contributed by atoms with van der Waals surface area (Å²) >= 11 is 0. The van der Waals surface area contributed by atoms with Crippen LogP contribution >= 0.6 is 0 Å². The molecule has 4 fully saturated rings. The molecule has 1 heterocycles. The lowest BCUT2D eigenvalue weighted by molar-refractivity contribution is 0.0240. The molecule has 2 unspecified atom stereocenters. The van der Waals surface area contributed by atoms with Crippen molar-refractivity contribution in [3.05, 3.63) is 0 Å². The Hall–Kier alpha value is -0.0800. The summed E-state index contributed by atoms with van der Waals surface area (Å²) in [5.41, 5.74) is 7.45. The molecule has 3 aliphatic carbocycles. The first-order valence-electron chi connectivity index (χ1n) is 9.21. The van der Waals surface area contributed by atoms with E-state index in [1.165, 1.54) is 83.7 Å². The highest BCUT2D eigenvalue weighted by molar-refractivity contribution is 5.04. The van der Waals surface area contributed by atoms with Gasteiger partial charge in [0.15, 0.2) is 0 Å². The summed E-state index contributed by atoms with van der Waals surface area (Å²) < 4.78 is 0. The van der Waals surface area contributed by atoms with Crippen LogP contribution in [-0.4, -0.2) is 30.1 Å². The molecule has 2 atom stereocenters. The Morgan fingerprint density at radius 3 is 1.95 bits per heavy atom. The summed E-state index contributed by atoms with van der Waals surface area (Å²) in [6, 6.07) is 0. The Balaban J connectivity index is 1.45. The Morgan fingerprint density at radius 2 is 1.40 bits per heavy atom. The van der Waals surface area contributed by atoms with Gasteiger partial charge in [0.1, 0.15) is 0 Å². The average Bonchev–Trinajstić information content (AvgIpc) is 3.16. The number of rotatable bonds is 2. The van der Waals surface area contributed by atoms with E-state index in [0.29, 0.717) is 5.54 Å². The molecule has 1 saturated heterocycles. The summed E-state index contributed by atoms with van der Waals surface area (Å²) in [5, 5.41) is 0. The van der Waals surface area contributed by atoms with Crippen molar-refractivity contribution in [3.63, 3.8) is 0 Å². The Kier molecular flexibility index (Phi) is 3.38. The van der Waals surface area contributed by atoms with Crippen molar-refractivity contribution in [2.45, 2.75) is 76.2 Å². The van der Waals surface area contributed by atoms with Crippen LogP contribution in [0.25, 0.3) is 0 Å². The molecular formula is C18H32N2. The van der Waals surface area contributed by atoms with Gasteiger partial charge in [0, 0.05) is 25.2 Å². The molecule has 1 spiro atoms. The standard InChI is InChI=1S/C18H32N2/c19-14-18(20-12-15-4-3-5-16(15)13-20)10-8-17(9-11-18)6-1-2-7-17/h15-16H,1-14,19H2. The van der Waals surface area contributed by atoms with E-state index >= 15 is 0 Å². The molecule has 114 valence electrons. The number of hydrogen-bond acceptors (Lipinski definition) is 2. The predicted octanol–water partition coefficient (Wildman–Crippen LogP) is 3.55. The third-order valence-electron chi connectivity index (χ3n) is 7.68. The maximum atomic E-state index is 6.31. The van der Waals surface area contributed by atoms with Gasteiger partial charge in [0.05, 0.1) is 0 Å². The fourth-order valence-corrected chi connectivity index (χ4v) is 6.14. The van der Waals surface area contributed by atoms with Gasteiger partial charge < -0.3 is 5.73 Å². The van der Waals surface area contributed by atoms with E-state index < -0.39 is 0 Å². The molecule has 4 rings (SSSR count). The highest BCUT2D eigenvalue weighted by atomic mass is 15.2. The monoisotopic (exact) mass is 276 g/mol. The van der Waals surface area contributed by atoms with Crippen molar-refractivity contribution in [1.82, 2.24) is 4.90 Å². The number of hydrogen-bond donors (Lipinski definition) is 1. The molecule has 0 bridgehead atoms. The summed E-state index contributed by atoms with van der Waals surface area (Å²) in [7, 11) is 0. The molecule has 0 aromatic carbocycles. The zero-order valence-corrected chi connectivity index (χ0v) is 13.1. The van der Waals surface area contributed by atoms with Gasteiger partial charge in [0.2, 0.25) is 0 Å². The van der Waals surface area contributed by atoms with Crippen molar-refractivity contribution in [1.29, 1.82) is 0 Å². The number of fused-ring (bicyclic) bond motifs is 1. The Morgan fingerprint density at radius 1 is 0.800 bits per heavy atom. The topological polar surface area (TPSA) is 29.3 Å². The fraction of sp³-hybridized carbons (Fsp3) is 1.00. The van der Waals surface area contributed by atoms with Crippen LogP contribution < -0.4 is 5.73 Å². The third-order valence-corrected chi connectivity index (χ3v) is 7.68. The van der Waals surface area contributed by atoms with E-state index in [-0.39, 0.29) is 0 Å². The van der Waals surface area contributed by atoms with Gasteiger partial charge in [-0.05, 0) is 68.6 Å².